The number of rotatable bonds is 0. The van der Waals surface area contributed by atoms with E-state index in [2.05, 4.69) is 0 Å². The summed E-state index contributed by atoms with van der Waals surface area (Å²) < 4.78 is 0. The second kappa shape index (κ2) is 3.05. The van der Waals surface area contributed by atoms with Gasteiger partial charge in [0, 0.05) is 25.0 Å². The minimum absolute atomic E-state index is 0.239. The van der Waals surface area contributed by atoms with Gasteiger partial charge < -0.3 is 10.6 Å². The number of hydrogen-bond donors (Lipinski definition) is 1. The van der Waals surface area contributed by atoms with E-state index in [1.165, 1.54) is 6.42 Å². The SMILES string of the molecule is N[C@@H]1CCC(=O)N2CCCC[C@H]12. The average molecular weight is 168 g/mol. The van der Waals surface area contributed by atoms with Gasteiger partial charge in [-0.3, -0.25) is 4.79 Å². The molecule has 2 aliphatic heterocycles. The molecule has 0 aromatic heterocycles. The van der Waals surface area contributed by atoms with Crippen molar-refractivity contribution in [3.05, 3.63) is 0 Å². The zero-order valence-electron chi connectivity index (χ0n) is 7.33. The van der Waals surface area contributed by atoms with Gasteiger partial charge in [0.2, 0.25) is 5.91 Å². The van der Waals surface area contributed by atoms with E-state index < -0.39 is 0 Å². The molecule has 12 heavy (non-hydrogen) atoms. The van der Waals surface area contributed by atoms with Crippen LogP contribution in [0.15, 0.2) is 0 Å². The highest BCUT2D eigenvalue weighted by Gasteiger charge is 2.34. The van der Waals surface area contributed by atoms with Crippen LogP contribution in [0.25, 0.3) is 0 Å². The second-order valence-electron chi connectivity index (χ2n) is 3.85. The first-order chi connectivity index (χ1) is 5.79. The molecule has 2 aliphatic rings. The highest BCUT2D eigenvalue weighted by molar-refractivity contribution is 5.77. The third kappa shape index (κ3) is 1.22. The van der Waals surface area contributed by atoms with Gasteiger partial charge in [-0.2, -0.15) is 0 Å². The molecule has 0 bridgehead atoms. The molecule has 2 atom stereocenters. The van der Waals surface area contributed by atoms with Crippen LogP contribution >= 0.6 is 0 Å². The topological polar surface area (TPSA) is 46.3 Å². The van der Waals surface area contributed by atoms with E-state index in [9.17, 15) is 4.79 Å². The molecule has 2 N–H and O–H groups in total. The van der Waals surface area contributed by atoms with Crippen LogP contribution in [0.5, 0.6) is 0 Å². The van der Waals surface area contributed by atoms with Gasteiger partial charge in [0.25, 0.3) is 0 Å². The van der Waals surface area contributed by atoms with Gasteiger partial charge in [-0.05, 0) is 25.7 Å². The van der Waals surface area contributed by atoms with Gasteiger partial charge in [-0.1, -0.05) is 0 Å². The maximum absolute atomic E-state index is 11.4. The highest BCUT2D eigenvalue weighted by Crippen LogP contribution is 2.25. The second-order valence-corrected chi connectivity index (χ2v) is 3.85. The molecule has 0 radical (unpaired) electrons. The first kappa shape index (κ1) is 8.05. The van der Waals surface area contributed by atoms with Crippen molar-refractivity contribution in [3.8, 4) is 0 Å². The number of carbonyl (C=O) groups is 1. The first-order valence-corrected chi connectivity index (χ1v) is 4.84. The number of piperidine rings is 2. The predicted octanol–water partition coefficient (Wildman–Crippen LogP) is 0.489. The van der Waals surface area contributed by atoms with Crippen molar-refractivity contribution in [2.24, 2.45) is 5.73 Å². The molecular formula is C9H16N2O. The average Bonchev–Trinajstić information content (AvgIpc) is 2.12. The van der Waals surface area contributed by atoms with E-state index in [0.717, 1.165) is 25.8 Å². The van der Waals surface area contributed by atoms with Gasteiger partial charge >= 0.3 is 0 Å². The largest absolute Gasteiger partial charge is 0.338 e. The van der Waals surface area contributed by atoms with Crippen molar-refractivity contribution < 1.29 is 4.79 Å². The summed E-state index contributed by atoms with van der Waals surface area (Å²) in [6.45, 7) is 0.942. The summed E-state index contributed by atoms with van der Waals surface area (Å²) in [5.41, 5.74) is 5.96. The molecule has 0 saturated carbocycles. The van der Waals surface area contributed by atoms with Crippen molar-refractivity contribution in [2.75, 3.05) is 6.54 Å². The Balaban J connectivity index is 2.11. The third-order valence-corrected chi connectivity index (χ3v) is 3.06. The van der Waals surface area contributed by atoms with Crippen LogP contribution in [0.4, 0.5) is 0 Å². The Hall–Kier alpha value is -0.570. The molecule has 0 aromatic carbocycles. The van der Waals surface area contributed by atoms with E-state index in [0.29, 0.717) is 18.4 Å². The molecule has 1 amide bonds. The van der Waals surface area contributed by atoms with Crippen molar-refractivity contribution in [2.45, 2.75) is 44.2 Å². The minimum Gasteiger partial charge on any atom is -0.338 e. The Labute approximate surface area is 72.9 Å². The quantitative estimate of drug-likeness (QED) is 0.572. The summed E-state index contributed by atoms with van der Waals surface area (Å²) in [4.78, 5) is 13.4. The molecule has 3 nitrogen and oxygen atoms in total. The minimum atomic E-state index is 0.239. The summed E-state index contributed by atoms with van der Waals surface area (Å²) >= 11 is 0. The van der Waals surface area contributed by atoms with Crippen LogP contribution in [0.1, 0.15) is 32.1 Å². The van der Waals surface area contributed by atoms with Crippen molar-refractivity contribution in [1.82, 2.24) is 4.90 Å². The molecule has 3 heteroatoms. The van der Waals surface area contributed by atoms with E-state index in [-0.39, 0.29) is 6.04 Å². The predicted molar refractivity (Wildman–Crippen MR) is 46.6 cm³/mol. The Bertz CT molecular complexity index is 193. The molecule has 2 fully saturated rings. The standard InChI is InChI=1S/C9H16N2O/c10-7-4-5-9(12)11-6-2-1-3-8(7)11/h7-8H,1-6,10H2/t7-,8-/m1/s1. The number of nitrogens with two attached hydrogens (primary N) is 1. The molecule has 2 saturated heterocycles. The maximum atomic E-state index is 11.4. The highest BCUT2D eigenvalue weighted by atomic mass is 16.2. The lowest BCUT2D eigenvalue weighted by Gasteiger charge is -2.42. The molecule has 0 aliphatic carbocycles. The number of fused-ring (bicyclic) bond motifs is 1. The summed E-state index contributed by atoms with van der Waals surface area (Å²) in [6.07, 6.45) is 5.07. The fraction of sp³-hybridized carbons (Fsp3) is 0.889. The van der Waals surface area contributed by atoms with E-state index in [1.54, 1.807) is 0 Å². The molecule has 0 unspecified atom stereocenters. The Morgan fingerprint density at radius 2 is 2.17 bits per heavy atom. The van der Waals surface area contributed by atoms with Crippen LogP contribution in [-0.2, 0) is 4.79 Å². The molecule has 0 aromatic rings. The smallest absolute Gasteiger partial charge is 0.222 e. The lowest BCUT2D eigenvalue weighted by molar-refractivity contribution is -0.138. The Kier molecular flexibility index (Phi) is 2.05. The van der Waals surface area contributed by atoms with Crippen molar-refractivity contribution >= 4 is 5.91 Å². The molecule has 2 heterocycles. The van der Waals surface area contributed by atoms with Crippen LogP contribution in [0.2, 0.25) is 0 Å². The third-order valence-electron chi connectivity index (χ3n) is 3.06. The fourth-order valence-corrected chi connectivity index (χ4v) is 2.34. The van der Waals surface area contributed by atoms with Crippen LogP contribution in [0, 0.1) is 0 Å². The number of nitrogens with zero attached hydrogens (tertiary/aromatic N) is 1. The van der Waals surface area contributed by atoms with Gasteiger partial charge in [0.05, 0.1) is 0 Å². The molecule has 68 valence electrons. The first-order valence-electron chi connectivity index (χ1n) is 4.84. The molecule has 2 rings (SSSR count). The molecular weight excluding hydrogens is 152 g/mol. The van der Waals surface area contributed by atoms with E-state index >= 15 is 0 Å². The fourth-order valence-electron chi connectivity index (χ4n) is 2.34. The van der Waals surface area contributed by atoms with Gasteiger partial charge in [-0.15, -0.1) is 0 Å². The summed E-state index contributed by atoms with van der Waals surface area (Å²) in [5.74, 6) is 0.321. The van der Waals surface area contributed by atoms with Crippen LogP contribution in [-0.4, -0.2) is 29.4 Å². The lowest BCUT2D eigenvalue weighted by Crippen LogP contribution is -2.56. The Morgan fingerprint density at radius 3 is 2.92 bits per heavy atom. The maximum Gasteiger partial charge on any atom is 0.222 e. The number of hydrogen-bond acceptors (Lipinski definition) is 2. The zero-order chi connectivity index (χ0) is 8.55. The monoisotopic (exact) mass is 168 g/mol. The lowest BCUT2D eigenvalue weighted by atomic mass is 9.89. The molecule has 0 spiro atoms. The van der Waals surface area contributed by atoms with Crippen LogP contribution in [0.3, 0.4) is 0 Å². The summed E-state index contributed by atoms with van der Waals surface area (Å²) in [7, 11) is 0. The van der Waals surface area contributed by atoms with Gasteiger partial charge in [0.1, 0.15) is 0 Å². The van der Waals surface area contributed by atoms with Gasteiger partial charge in [-0.25, -0.2) is 0 Å². The Morgan fingerprint density at radius 1 is 1.33 bits per heavy atom. The summed E-state index contributed by atoms with van der Waals surface area (Å²) in [5, 5.41) is 0. The van der Waals surface area contributed by atoms with Gasteiger partial charge in [0.15, 0.2) is 0 Å². The number of amides is 1. The normalized spacial score (nSPS) is 36.4. The van der Waals surface area contributed by atoms with E-state index in [1.807, 2.05) is 4.90 Å². The van der Waals surface area contributed by atoms with Crippen molar-refractivity contribution in [3.63, 3.8) is 0 Å². The number of carbonyl (C=O) groups excluding carboxylic acids is 1. The van der Waals surface area contributed by atoms with Crippen molar-refractivity contribution in [1.29, 1.82) is 0 Å². The van der Waals surface area contributed by atoms with E-state index in [4.69, 9.17) is 5.73 Å². The summed E-state index contributed by atoms with van der Waals surface area (Å²) in [6, 6.07) is 0.600. The zero-order valence-corrected chi connectivity index (χ0v) is 7.33. The van der Waals surface area contributed by atoms with Crippen LogP contribution < -0.4 is 5.73 Å².